The van der Waals surface area contributed by atoms with Crippen LogP contribution in [0.1, 0.15) is 201 Å². The number of carbonyl (C=O) groups is 2. The summed E-state index contributed by atoms with van der Waals surface area (Å²) in [5.74, 6) is 0.594. The normalized spacial score (nSPS) is 21.4. The molecule has 0 bridgehead atoms. The first-order valence-electron chi connectivity index (χ1n) is 26.7. The Kier molecular flexibility index (Phi) is 28.2. The zero-order valence-corrected chi connectivity index (χ0v) is 50.8. The summed E-state index contributed by atoms with van der Waals surface area (Å²) in [4.78, 5) is 28.0. The Balaban J connectivity index is 3.12. The van der Waals surface area contributed by atoms with Crippen LogP contribution < -0.4 is 0 Å². The molecule has 1 aliphatic carbocycles. The summed E-state index contributed by atoms with van der Waals surface area (Å²) in [6.45, 7) is 42.8. The van der Waals surface area contributed by atoms with Crippen molar-refractivity contribution in [1.29, 1.82) is 0 Å². The van der Waals surface area contributed by atoms with Gasteiger partial charge in [-0.3, -0.25) is 4.79 Å². The van der Waals surface area contributed by atoms with Gasteiger partial charge in [0.2, 0.25) is 8.32 Å². The Morgan fingerprint density at radius 3 is 1.75 bits per heavy atom. The van der Waals surface area contributed by atoms with Crippen LogP contribution in [0.3, 0.4) is 0 Å². The van der Waals surface area contributed by atoms with Gasteiger partial charge in [0.15, 0.2) is 0 Å². The number of methoxy groups -OCH3 is 1. The second-order valence-corrected chi connectivity index (χ2v) is 46.9. The number of hydrogen-bond acceptors (Lipinski definition) is 6. The van der Waals surface area contributed by atoms with E-state index in [1.165, 1.54) is 51.8 Å². The SMILES string of the molecule is CCC[CH2][Sn](/[CH]=C/[C@@H](C)C[C@@H](C)C(=O)C[C@H](O[Si](C)(C)C(C)(C)C)/C(C)=C/[C@@H](C)C(=O)C[C@H](O)[C@H](C)C[C@@H]1CC[C@@H](O[Si](C(C)C)(C(C)C)C(C)C)[C@H](OC)C1)([CH2]CCC)[CH2]CCC. The van der Waals surface area contributed by atoms with Crippen molar-refractivity contribution in [3.63, 3.8) is 0 Å². The van der Waals surface area contributed by atoms with E-state index < -0.39 is 41.1 Å². The fourth-order valence-electron chi connectivity index (χ4n) is 10.9. The van der Waals surface area contributed by atoms with Crippen LogP contribution in [0.25, 0.3) is 0 Å². The van der Waals surface area contributed by atoms with Crippen molar-refractivity contribution in [3.05, 3.63) is 21.8 Å². The predicted molar refractivity (Wildman–Crippen MR) is 285 cm³/mol. The van der Waals surface area contributed by atoms with Crippen molar-refractivity contribution in [2.24, 2.45) is 29.6 Å². The van der Waals surface area contributed by atoms with Gasteiger partial charge in [0.25, 0.3) is 0 Å². The number of carbonyl (C=O) groups excluding carboxylic acids is 2. The van der Waals surface area contributed by atoms with Crippen molar-refractivity contribution in [1.82, 2.24) is 0 Å². The van der Waals surface area contributed by atoms with Crippen LogP contribution in [0.2, 0.25) is 48.1 Å². The molecule has 1 N–H and O–H groups in total. The second kappa shape index (κ2) is 29.2. The molecule has 1 saturated carbocycles. The summed E-state index contributed by atoms with van der Waals surface area (Å²) in [5.41, 5.74) is 2.53. The third-order valence-corrected chi connectivity index (χ3v) is 41.0. The van der Waals surface area contributed by atoms with Crippen LogP contribution in [0.5, 0.6) is 0 Å². The fourth-order valence-corrected chi connectivity index (χ4v) is 32.6. The Morgan fingerprint density at radius 1 is 0.781 bits per heavy atom. The van der Waals surface area contributed by atoms with Gasteiger partial charge >= 0.3 is 245 Å². The van der Waals surface area contributed by atoms with Crippen LogP contribution in [-0.4, -0.2) is 83.2 Å². The third kappa shape index (κ3) is 19.4. The van der Waals surface area contributed by atoms with Crippen LogP contribution >= 0.6 is 0 Å². The molecule has 0 radical (unpaired) electrons. The molecule has 9 atom stereocenters. The first kappa shape index (κ1) is 61.9. The van der Waals surface area contributed by atoms with E-state index in [2.05, 4.69) is 127 Å². The van der Waals surface area contributed by atoms with E-state index in [-0.39, 0.29) is 59.1 Å². The molecule has 0 aliphatic heterocycles. The van der Waals surface area contributed by atoms with E-state index in [0.717, 1.165) is 37.7 Å². The van der Waals surface area contributed by atoms with Gasteiger partial charge in [-0.05, 0) is 54.1 Å². The summed E-state index contributed by atoms with van der Waals surface area (Å²) in [5, 5.41) is 11.4. The predicted octanol–water partition coefficient (Wildman–Crippen LogP) is 16.2. The first-order chi connectivity index (χ1) is 29.7. The minimum atomic E-state index is -2.40. The Hall–Kier alpha value is -0.108. The summed E-state index contributed by atoms with van der Waals surface area (Å²) in [6, 6.07) is 0. The number of aliphatic hydroxyl groups is 1. The molecule has 0 heterocycles. The van der Waals surface area contributed by atoms with Crippen LogP contribution in [0, 0.1) is 29.6 Å². The third-order valence-electron chi connectivity index (χ3n) is 16.3. The molecule has 376 valence electrons. The summed E-state index contributed by atoms with van der Waals surface area (Å²) >= 11 is -2.40. The van der Waals surface area contributed by atoms with Crippen molar-refractivity contribution in [2.75, 3.05) is 7.11 Å². The van der Waals surface area contributed by atoms with E-state index in [1.807, 2.05) is 27.0 Å². The summed E-state index contributed by atoms with van der Waals surface area (Å²) in [6.07, 6.45) is 16.6. The van der Waals surface area contributed by atoms with Crippen LogP contribution in [0.4, 0.5) is 0 Å². The molecule has 0 spiro atoms. The molecule has 64 heavy (non-hydrogen) atoms. The van der Waals surface area contributed by atoms with E-state index >= 15 is 0 Å². The van der Waals surface area contributed by atoms with Gasteiger partial charge in [0, 0.05) is 13.5 Å². The van der Waals surface area contributed by atoms with Crippen molar-refractivity contribution in [2.45, 2.75) is 274 Å². The average Bonchev–Trinajstić information content (AvgIpc) is 3.21. The number of ether oxygens (including phenoxy) is 1. The Morgan fingerprint density at radius 2 is 1.30 bits per heavy atom. The van der Waals surface area contributed by atoms with Gasteiger partial charge in [0.1, 0.15) is 0 Å². The molecule has 0 aromatic carbocycles. The maximum atomic E-state index is 14.1. The van der Waals surface area contributed by atoms with Crippen molar-refractivity contribution in [3.8, 4) is 0 Å². The number of allylic oxidation sites excluding steroid dienone is 2. The molecule has 0 amide bonds. The number of aliphatic hydroxyl groups excluding tert-OH is 1. The van der Waals surface area contributed by atoms with Crippen LogP contribution in [-0.2, 0) is 23.2 Å². The number of hydrogen-bond donors (Lipinski definition) is 1. The maximum absolute atomic E-state index is 14.1. The van der Waals surface area contributed by atoms with Crippen molar-refractivity contribution >= 4 is 46.6 Å². The molecule has 0 unspecified atom stereocenters. The number of unbranched alkanes of at least 4 members (excludes halogenated alkanes) is 3. The standard InChI is InChI=1S/C43H81O6Si2.3C4H9.Sn/c1-19-31(8)22-32(9)39(46)27-41(48-50(17,18)43(13,14)15)35(12)23-33(10)37(44)26-38(45)34(11)24-36-20-21-40(42(25-36)47-16)49-51(28(2)3,29(4)5)30(6)7;3*1-3-4-2;/h1,19,23,28-34,36,38,40-42,45H,20-22,24-27H2,2-18H3;3*1,3-4H2,2H3;/b19-1?,35-23+;;;;/t31-,32-,33-,34-,36+,38+,40-,41+,42-;;;;/m1..../s1. The molecule has 6 nitrogen and oxygen atoms in total. The van der Waals surface area contributed by atoms with E-state index in [4.69, 9.17) is 13.6 Å². The topological polar surface area (TPSA) is 82.1 Å². The van der Waals surface area contributed by atoms with Gasteiger partial charge in [-0.1, -0.05) is 48.5 Å². The number of rotatable bonds is 32. The Bertz CT molecular complexity index is 1360. The van der Waals surface area contributed by atoms with E-state index in [9.17, 15) is 14.7 Å². The second-order valence-electron chi connectivity index (χ2n) is 23.8. The molecular formula is C55H108O6Si2Sn. The quantitative estimate of drug-likeness (QED) is 0.0534. The van der Waals surface area contributed by atoms with Gasteiger partial charge in [0.05, 0.1) is 18.3 Å². The van der Waals surface area contributed by atoms with Gasteiger partial charge in [-0.15, -0.1) is 0 Å². The zero-order valence-electron chi connectivity index (χ0n) is 46.0. The molecular weight excluding hydrogens is 931 g/mol. The number of ketones is 2. The summed E-state index contributed by atoms with van der Waals surface area (Å²) in [7, 11) is -2.47. The molecule has 1 fully saturated rings. The molecule has 0 aromatic rings. The van der Waals surface area contributed by atoms with Crippen LogP contribution in [0.15, 0.2) is 21.8 Å². The fraction of sp³-hybridized carbons (Fsp3) is 0.891. The van der Waals surface area contributed by atoms with Gasteiger partial charge in [-0.25, -0.2) is 0 Å². The average molecular weight is 1040 g/mol. The molecule has 0 saturated heterocycles. The van der Waals surface area contributed by atoms with E-state index in [1.54, 1.807) is 0 Å². The number of Topliss-reactive ketones (excluding diaryl/α,β-unsaturated/α-hetero) is 2. The molecule has 9 heteroatoms. The molecule has 0 aromatic heterocycles. The van der Waals surface area contributed by atoms with Gasteiger partial charge < -0.3 is 14.3 Å². The van der Waals surface area contributed by atoms with Crippen molar-refractivity contribution < 1.29 is 28.3 Å². The van der Waals surface area contributed by atoms with Gasteiger partial charge in [-0.2, -0.15) is 0 Å². The monoisotopic (exact) mass is 1040 g/mol. The molecule has 1 aliphatic rings. The minimum absolute atomic E-state index is 0.00773. The first-order valence-corrected chi connectivity index (χ1v) is 39.4. The summed E-state index contributed by atoms with van der Waals surface area (Å²) < 4.78 is 27.5. The molecule has 1 rings (SSSR count). The Labute approximate surface area is 404 Å². The van der Waals surface area contributed by atoms with E-state index in [0.29, 0.717) is 34.9 Å². The zero-order chi connectivity index (χ0) is 49.2.